The summed E-state index contributed by atoms with van der Waals surface area (Å²) in [6.45, 7) is 3.58. The van der Waals surface area contributed by atoms with Gasteiger partial charge < -0.3 is 10.2 Å². The molecule has 24 heavy (non-hydrogen) atoms. The van der Waals surface area contributed by atoms with E-state index >= 15 is 0 Å². The van der Waals surface area contributed by atoms with Crippen LogP contribution >= 0.6 is 0 Å². The molecule has 0 unspecified atom stereocenters. The second-order valence-electron chi connectivity index (χ2n) is 6.04. The first-order valence-electron chi connectivity index (χ1n) is 7.99. The Morgan fingerprint density at radius 2 is 2.12 bits per heavy atom. The number of hydrogen-bond acceptors (Lipinski definition) is 5. The van der Waals surface area contributed by atoms with E-state index in [0.717, 1.165) is 37.3 Å². The van der Waals surface area contributed by atoms with E-state index < -0.39 is 0 Å². The van der Waals surface area contributed by atoms with Crippen LogP contribution in [-0.4, -0.2) is 39.8 Å². The third kappa shape index (κ3) is 3.38. The third-order valence-corrected chi connectivity index (χ3v) is 4.29. The van der Waals surface area contributed by atoms with Crippen molar-refractivity contribution in [2.75, 3.05) is 18.0 Å². The van der Waals surface area contributed by atoms with Crippen LogP contribution in [0.25, 0.3) is 0 Å². The summed E-state index contributed by atoms with van der Waals surface area (Å²) in [5.74, 6) is -0.0726. The molecule has 1 fully saturated rings. The number of hydrogen-bond donors (Lipinski definition) is 1. The van der Waals surface area contributed by atoms with E-state index in [4.69, 9.17) is 5.26 Å². The van der Waals surface area contributed by atoms with Crippen molar-refractivity contribution in [3.8, 4) is 6.07 Å². The van der Waals surface area contributed by atoms with Crippen molar-refractivity contribution in [2.24, 2.45) is 7.05 Å². The Hall–Kier alpha value is -2.88. The molecule has 1 aliphatic heterocycles. The highest BCUT2D eigenvalue weighted by atomic mass is 16.2. The van der Waals surface area contributed by atoms with E-state index in [-0.39, 0.29) is 11.9 Å². The molecule has 1 aliphatic rings. The highest BCUT2D eigenvalue weighted by molar-refractivity contribution is 5.92. The zero-order valence-corrected chi connectivity index (χ0v) is 13.9. The average Bonchev–Trinajstić information content (AvgIpc) is 2.94. The topological polar surface area (TPSA) is 86.8 Å². The van der Waals surface area contributed by atoms with E-state index in [1.54, 1.807) is 30.1 Å². The van der Waals surface area contributed by atoms with Crippen LogP contribution in [0.15, 0.2) is 24.4 Å². The van der Waals surface area contributed by atoms with Gasteiger partial charge in [0.25, 0.3) is 5.91 Å². The van der Waals surface area contributed by atoms with E-state index in [1.165, 1.54) is 0 Å². The molecule has 2 aromatic rings. The van der Waals surface area contributed by atoms with Crippen molar-refractivity contribution in [1.29, 1.82) is 5.26 Å². The van der Waals surface area contributed by atoms with Crippen LogP contribution in [0.1, 0.15) is 34.7 Å². The molecule has 0 bridgehead atoms. The molecular weight excluding hydrogens is 304 g/mol. The van der Waals surface area contributed by atoms with Gasteiger partial charge in [0.2, 0.25) is 0 Å². The van der Waals surface area contributed by atoms with Crippen LogP contribution in [0, 0.1) is 18.3 Å². The van der Waals surface area contributed by atoms with Gasteiger partial charge >= 0.3 is 0 Å². The standard InChI is InChI=1S/C17H20N6O/c1-12-9-16(22(2)21-12)17(24)20-13-5-7-23(8-6-13)15-4-3-14(10-18)19-11-15/h3-4,9,11,13H,5-8H2,1-2H3,(H,20,24). The van der Waals surface area contributed by atoms with Crippen LogP contribution in [0.4, 0.5) is 5.69 Å². The molecule has 0 aliphatic carbocycles. The first-order chi connectivity index (χ1) is 11.6. The Labute approximate surface area is 140 Å². The van der Waals surface area contributed by atoms with E-state index in [1.807, 2.05) is 19.1 Å². The predicted octanol–water partition coefficient (Wildman–Crippen LogP) is 1.39. The maximum atomic E-state index is 12.3. The Bertz CT molecular complexity index is 765. The Kier molecular flexibility index (Phi) is 4.47. The van der Waals surface area contributed by atoms with Crippen molar-refractivity contribution in [3.63, 3.8) is 0 Å². The first-order valence-corrected chi connectivity index (χ1v) is 7.99. The van der Waals surface area contributed by atoms with Crippen molar-refractivity contribution in [2.45, 2.75) is 25.8 Å². The van der Waals surface area contributed by atoms with Gasteiger partial charge in [-0.15, -0.1) is 0 Å². The SMILES string of the molecule is Cc1cc(C(=O)NC2CCN(c3ccc(C#N)nc3)CC2)n(C)n1. The lowest BCUT2D eigenvalue weighted by atomic mass is 10.0. The fraction of sp³-hybridized carbons (Fsp3) is 0.412. The molecule has 0 atom stereocenters. The number of anilines is 1. The number of pyridine rings is 1. The third-order valence-electron chi connectivity index (χ3n) is 4.29. The number of piperidine rings is 1. The summed E-state index contributed by atoms with van der Waals surface area (Å²) in [5.41, 5.74) is 2.87. The number of nitriles is 1. The van der Waals surface area contributed by atoms with E-state index in [2.05, 4.69) is 20.3 Å². The lowest BCUT2D eigenvalue weighted by Crippen LogP contribution is -2.45. The minimum Gasteiger partial charge on any atom is -0.370 e. The van der Waals surface area contributed by atoms with E-state index in [9.17, 15) is 4.79 Å². The average molecular weight is 324 g/mol. The largest absolute Gasteiger partial charge is 0.370 e. The summed E-state index contributed by atoms with van der Waals surface area (Å²) < 4.78 is 1.61. The normalized spacial score (nSPS) is 15.1. The van der Waals surface area contributed by atoms with E-state index in [0.29, 0.717) is 11.4 Å². The lowest BCUT2D eigenvalue weighted by molar-refractivity contribution is 0.0921. The molecule has 7 heteroatoms. The maximum absolute atomic E-state index is 12.3. The molecule has 0 saturated carbocycles. The summed E-state index contributed by atoms with van der Waals surface area (Å²) >= 11 is 0. The maximum Gasteiger partial charge on any atom is 0.269 e. The van der Waals surface area contributed by atoms with Crippen molar-refractivity contribution in [1.82, 2.24) is 20.1 Å². The van der Waals surface area contributed by atoms with Crippen LogP contribution in [-0.2, 0) is 7.05 Å². The number of nitrogens with zero attached hydrogens (tertiary/aromatic N) is 5. The van der Waals surface area contributed by atoms with Crippen molar-refractivity contribution in [3.05, 3.63) is 41.5 Å². The molecule has 1 N–H and O–H groups in total. The lowest BCUT2D eigenvalue weighted by Gasteiger charge is -2.33. The Balaban J connectivity index is 1.56. The Morgan fingerprint density at radius 1 is 1.38 bits per heavy atom. The monoisotopic (exact) mass is 324 g/mol. The number of aryl methyl sites for hydroxylation is 2. The summed E-state index contributed by atoms with van der Waals surface area (Å²) in [7, 11) is 1.78. The number of carbonyl (C=O) groups is 1. The zero-order chi connectivity index (χ0) is 17.1. The molecule has 1 amide bonds. The number of rotatable bonds is 3. The summed E-state index contributed by atoms with van der Waals surface area (Å²) in [6, 6.07) is 7.63. The van der Waals surface area contributed by atoms with Gasteiger partial charge in [-0.05, 0) is 38.0 Å². The molecule has 124 valence electrons. The molecule has 2 aromatic heterocycles. The van der Waals surface area contributed by atoms with Crippen molar-refractivity contribution >= 4 is 11.6 Å². The molecule has 7 nitrogen and oxygen atoms in total. The quantitative estimate of drug-likeness (QED) is 0.922. The second-order valence-corrected chi connectivity index (χ2v) is 6.04. The van der Waals surface area contributed by atoms with Crippen LogP contribution in [0.5, 0.6) is 0 Å². The van der Waals surface area contributed by atoms with Crippen molar-refractivity contribution < 1.29 is 4.79 Å². The molecule has 3 heterocycles. The van der Waals surface area contributed by atoms with Crippen LogP contribution in [0.2, 0.25) is 0 Å². The summed E-state index contributed by atoms with van der Waals surface area (Å²) in [6.07, 6.45) is 3.49. The highest BCUT2D eigenvalue weighted by Crippen LogP contribution is 2.19. The second kappa shape index (κ2) is 6.71. The van der Waals surface area contributed by atoms with Crippen LogP contribution in [0.3, 0.4) is 0 Å². The van der Waals surface area contributed by atoms with Gasteiger partial charge in [-0.25, -0.2) is 4.98 Å². The molecule has 0 radical (unpaired) electrons. The minimum absolute atomic E-state index is 0.0726. The zero-order valence-electron chi connectivity index (χ0n) is 13.9. The van der Waals surface area contributed by atoms with Crippen LogP contribution < -0.4 is 10.2 Å². The molecule has 1 saturated heterocycles. The minimum atomic E-state index is -0.0726. The van der Waals surface area contributed by atoms with Gasteiger partial charge in [0.05, 0.1) is 17.6 Å². The van der Waals surface area contributed by atoms with Gasteiger partial charge in [0.1, 0.15) is 17.5 Å². The summed E-state index contributed by atoms with van der Waals surface area (Å²) in [5, 5.41) is 16.1. The van der Waals surface area contributed by atoms with Gasteiger partial charge in [-0.3, -0.25) is 9.48 Å². The van der Waals surface area contributed by atoms with Gasteiger partial charge in [-0.2, -0.15) is 10.4 Å². The fourth-order valence-electron chi connectivity index (χ4n) is 3.00. The predicted molar refractivity (Wildman–Crippen MR) is 89.6 cm³/mol. The first kappa shape index (κ1) is 16.0. The van der Waals surface area contributed by atoms with Gasteiger partial charge in [0.15, 0.2) is 0 Å². The number of amides is 1. The highest BCUT2D eigenvalue weighted by Gasteiger charge is 2.22. The van der Waals surface area contributed by atoms with Gasteiger partial charge in [0, 0.05) is 26.2 Å². The smallest absolute Gasteiger partial charge is 0.269 e. The summed E-state index contributed by atoms with van der Waals surface area (Å²) in [4.78, 5) is 18.7. The Morgan fingerprint density at radius 3 is 2.67 bits per heavy atom. The molecule has 0 aromatic carbocycles. The fourth-order valence-corrected chi connectivity index (χ4v) is 3.00. The molecule has 0 spiro atoms. The number of aromatic nitrogens is 3. The molecular formula is C17H20N6O. The number of carbonyl (C=O) groups excluding carboxylic acids is 1. The molecule has 3 rings (SSSR count). The number of nitrogens with one attached hydrogen (secondary N) is 1. The van der Waals surface area contributed by atoms with Gasteiger partial charge in [-0.1, -0.05) is 0 Å².